The zero-order valence-electron chi connectivity index (χ0n) is 7.39. The van der Waals surface area contributed by atoms with E-state index < -0.39 is 0 Å². The molecule has 0 aliphatic heterocycles. The quantitative estimate of drug-likeness (QED) is 0.564. The molecule has 0 aliphatic carbocycles. The van der Waals surface area contributed by atoms with Crippen molar-refractivity contribution in [3.63, 3.8) is 0 Å². The van der Waals surface area contributed by atoms with Gasteiger partial charge in [-0.25, -0.2) is 0 Å². The van der Waals surface area contributed by atoms with Gasteiger partial charge in [0, 0.05) is 5.03 Å². The lowest BCUT2D eigenvalue weighted by molar-refractivity contribution is 0.786. The summed E-state index contributed by atoms with van der Waals surface area (Å²) in [5.74, 6) is 0.476. The van der Waals surface area contributed by atoms with Crippen molar-refractivity contribution in [2.24, 2.45) is 5.92 Å². The van der Waals surface area contributed by atoms with E-state index in [1.54, 1.807) is 6.08 Å². The topological polar surface area (TPSA) is 0 Å². The Hall–Kier alpha value is -0.490. The highest BCUT2D eigenvalue weighted by Gasteiger charge is 2.04. The maximum absolute atomic E-state index is 5.96. The molecule has 0 heterocycles. The maximum Gasteiger partial charge on any atom is 0.0437 e. The Morgan fingerprint density at radius 2 is 2.00 bits per heavy atom. The van der Waals surface area contributed by atoms with Crippen LogP contribution in [0.15, 0.2) is 35.4 Å². The smallest absolute Gasteiger partial charge is 0.0437 e. The summed E-state index contributed by atoms with van der Waals surface area (Å²) in [5, 5.41) is 0.789. The zero-order chi connectivity index (χ0) is 8.85. The molecule has 0 aliphatic rings. The molecule has 0 unspecified atom stereocenters. The molecule has 0 spiro atoms. The third-order valence-corrected chi connectivity index (χ3v) is 1.82. The number of hydrogen-bond acceptors (Lipinski definition) is 0. The molecule has 0 amide bonds. The number of allylic oxidation sites excluding steroid dienone is 5. The Morgan fingerprint density at radius 1 is 1.45 bits per heavy atom. The van der Waals surface area contributed by atoms with E-state index in [2.05, 4.69) is 20.4 Å². The van der Waals surface area contributed by atoms with Crippen molar-refractivity contribution in [2.75, 3.05) is 0 Å². The van der Waals surface area contributed by atoms with Crippen LogP contribution in [-0.2, 0) is 0 Å². The summed E-state index contributed by atoms with van der Waals surface area (Å²) in [4.78, 5) is 0. The lowest BCUT2D eigenvalue weighted by atomic mass is 10.0. The van der Waals surface area contributed by atoms with Crippen molar-refractivity contribution in [1.29, 1.82) is 0 Å². The minimum Gasteiger partial charge on any atom is -0.0990 e. The van der Waals surface area contributed by atoms with E-state index in [0.29, 0.717) is 5.92 Å². The predicted molar refractivity (Wildman–Crippen MR) is 52.7 cm³/mol. The molecule has 0 atom stereocenters. The molecule has 1 heteroatoms. The van der Waals surface area contributed by atoms with Crippen LogP contribution in [0.25, 0.3) is 0 Å². The second-order valence-corrected chi connectivity index (χ2v) is 3.06. The van der Waals surface area contributed by atoms with Gasteiger partial charge in [0.15, 0.2) is 0 Å². The van der Waals surface area contributed by atoms with Gasteiger partial charge in [-0.15, -0.1) is 0 Å². The van der Waals surface area contributed by atoms with Crippen LogP contribution in [0, 0.1) is 5.92 Å². The first-order valence-corrected chi connectivity index (χ1v) is 4.16. The van der Waals surface area contributed by atoms with Gasteiger partial charge < -0.3 is 0 Å². The van der Waals surface area contributed by atoms with Gasteiger partial charge in [-0.3, -0.25) is 0 Å². The van der Waals surface area contributed by atoms with Gasteiger partial charge in [0.25, 0.3) is 0 Å². The molecule has 11 heavy (non-hydrogen) atoms. The van der Waals surface area contributed by atoms with E-state index in [1.165, 1.54) is 5.57 Å². The molecule has 0 saturated carbocycles. The number of halogens is 1. The van der Waals surface area contributed by atoms with Crippen LogP contribution in [-0.4, -0.2) is 0 Å². The van der Waals surface area contributed by atoms with Crippen molar-refractivity contribution < 1.29 is 0 Å². The van der Waals surface area contributed by atoms with Crippen molar-refractivity contribution in [1.82, 2.24) is 0 Å². The van der Waals surface area contributed by atoms with Crippen LogP contribution in [0.3, 0.4) is 0 Å². The SMILES string of the molecule is C=C/C=C(Cl)\C(=C/C)C(C)C. The molecule has 0 saturated heterocycles. The lowest BCUT2D eigenvalue weighted by Crippen LogP contribution is -1.93. The summed E-state index contributed by atoms with van der Waals surface area (Å²) in [6.45, 7) is 9.82. The standard InChI is InChI=1S/C10H15Cl/c1-5-7-10(11)9(6-2)8(3)4/h5-8H,1H2,2-4H3/b9-6-,10-7+. The van der Waals surface area contributed by atoms with Gasteiger partial charge in [-0.1, -0.05) is 44.2 Å². The molecule has 62 valence electrons. The Bertz CT molecular complexity index is 185. The van der Waals surface area contributed by atoms with Crippen molar-refractivity contribution in [2.45, 2.75) is 20.8 Å². The van der Waals surface area contributed by atoms with Crippen LogP contribution in [0.1, 0.15) is 20.8 Å². The molecular weight excluding hydrogens is 156 g/mol. The van der Waals surface area contributed by atoms with Crippen LogP contribution < -0.4 is 0 Å². The van der Waals surface area contributed by atoms with Gasteiger partial charge in [0.05, 0.1) is 0 Å². The first-order valence-electron chi connectivity index (χ1n) is 3.78. The Labute approximate surface area is 74.3 Å². The van der Waals surface area contributed by atoms with Gasteiger partial charge in [0.2, 0.25) is 0 Å². The molecular formula is C10H15Cl. The van der Waals surface area contributed by atoms with E-state index in [1.807, 2.05) is 19.1 Å². The summed E-state index contributed by atoms with van der Waals surface area (Å²) in [6, 6.07) is 0. The van der Waals surface area contributed by atoms with Crippen LogP contribution in [0.5, 0.6) is 0 Å². The normalized spacial score (nSPS) is 13.9. The van der Waals surface area contributed by atoms with Gasteiger partial charge >= 0.3 is 0 Å². The predicted octanol–water partition coefficient (Wildman–Crippen LogP) is 3.90. The van der Waals surface area contributed by atoms with E-state index in [9.17, 15) is 0 Å². The minimum atomic E-state index is 0.476. The van der Waals surface area contributed by atoms with Crippen LogP contribution in [0.2, 0.25) is 0 Å². The third-order valence-electron chi connectivity index (χ3n) is 1.47. The molecule has 0 nitrogen and oxygen atoms in total. The fourth-order valence-corrected chi connectivity index (χ4v) is 1.36. The lowest BCUT2D eigenvalue weighted by Gasteiger charge is -2.08. The van der Waals surface area contributed by atoms with Gasteiger partial charge in [-0.05, 0) is 24.5 Å². The second-order valence-electron chi connectivity index (χ2n) is 2.65. The first-order chi connectivity index (χ1) is 5.13. The van der Waals surface area contributed by atoms with Crippen molar-refractivity contribution >= 4 is 11.6 Å². The van der Waals surface area contributed by atoms with Crippen molar-refractivity contribution in [3.05, 3.63) is 35.4 Å². The zero-order valence-corrected chi connectivity index (χ0v) is 8.15. The Balaban J connectivity index is 4.53. The summed E-state index contributed by atoms with van der Waals surface area (Å²) in [7, 11) is 0. The molecule has 0 aromatic carbocycles. The van der Waals surface area contributed by atoms with E-state index in [4.69, 9.17) is 11.6 Å². The molecule has 0 aromatic rings. The third kappa shape index (κ3) is 3.43. The average Bonchev–Trinajstić information content (AvgIpc) is 1.88. The van der Waals surface area contributed by atoms with Crippen LogP contribution >= 0.6 is 11.6 Å². The maximum atomic E-state index is 5.96. The number of hydrogen-bond donors (Lipinski definition) is 0. The Morgan fingerprint density at radius 3 is 2.27 bits per heavy atom. The highest BCUT2D eigenvalue weighted by Crippen LogP contribution is 2.22. The summed E-state index contributed by atoms with van der Waals surface area (Å²) >= 11 is 5.96. The largest absolute Gasteiger partial charge is 0.0990 e. The van der Waals surface area contributed by atoms with Gasteiger partial charge in [0.1, 0.15) is 0 Å². The second kappa shape index (κ2) is 5.20. The van der Waals surface area contributed by atoms with E-state index in [0.717, 1.165) is 5.03 Å². The summed E-state index contributed by atoms with van der Waals surface area (Å²) in [6.07, 6.45) is 5.55. The van der Waals surface area contributed by atoms with E-state index >= 15 is 0 Å². The Kier molecular flexibility index (Phi) is 4.97. The van der Waals surface area contributed by atoms with Gasteiger partial charge in [-0.2, -0.15) is 0 Å². The molecule has 0 bridgehead atoms. The van der Waals surface area contributed by atoms with Crippen LogP contribution in [0.4, 0.5) is 0 Å². The molecule has 0 rings (SSSR count). The van der Waals surface area contributed by atoms with E-state index in [-0.39, 0.29) is 0 Å². The molecule has 0 fully saturated rings. The fraction of sp³-hybridized carbons (Fsp3) is 0.400. The minimum absolute atomic E-state index is 0.476. The molecule has 0 aromatic heterocycles. The highest BCUT2D eigenvalue weighted by atomic mass is 35.5. The van der Waals surface area contributed by atoms with Crippen molar-refractivity contribution in [3.8, 4) is 0 Å². The first kappa shape index (κ1) is 10.5. The summed E-state index contributed by atoms with van der Waals surface area (Å²) in [5.41, 5.74) is 1.17. The highest BCUT2D eigenvalue weighted by molar-refractivity contribution is 6.32. The number of rotatable bonds is 3. The molecule has 0 radical (unpaired) electrons. The molecule has 0 N–H and O–H groups in total. The average molecular weight is 171 g/mol. The fourth-order valence-electron chi connectivity index (χ4n) is 0.947. The monoisotopic (exact) mass is 170 g/mol. The summed E-state index contributed by atoms with van der Waals surface area (Å²) < 4.78 is 0.